The summed E-state index contributed by atoms with van der Waals surface area (Å²) >= 11 is 0. The first-order valence-electron chi connectivity index (χ1n) is 11.0. The minimum atomic E-state index is -0.819. The number of nitrogens with one attached hydrogen (secondary N) is 2. The average Bonchev–Trinajstić information content (AvgIpc) is 2.90. The van der Waals surface area contributed by atoms with Crippen molar-refractivity contribution in [2.45, 2.75) is 64.4 Å². The van der Waals surface area contributed by atoms with Gasteiger partial charge in [0.25, 0.3) is 0 Å². The standard InChI is InChI=1S/C25H35N3O3/c1-16(2)19-11-13-23(31-5)20(14-19)15-28-22-9-7-6-8-18(22)10-12-21(25(28)30)27-24(29)17(3)26-4/h6-9,11,13-14,16-17,21,24,26-27,29H,10,12,15H2,1-5H3. The largest absolute Gasteiger partial charge is 0.496 e. The quantitative estimate of drug-likeness (QED) is 0.567. The number of nitrogens with zero attached hydrogens (tertiary/aromatic N) is 1. The minimum absolute atomic E-state index is 0.0377. The second-order valence-corrected chi connectivity index (χ2v) is 8.56. The van der Waals surface area contributed by atoms with Crippen molar-refractivity contribution in [1.82, 2.24) is 10.6 Å². The van der Waals surface area contributed by atoms with Gasteiger partial charge in [-0.1, -0.05) is 44.2 Å². The van der Waals surface area contributed by atoms with Crippen LogP contribution in [0.2, 0.25) is 0 Å². The van der Waals surface area contributed by atoms with Gasteiger partial charge in [-0.05, 0) is 56.0 Å². The summed E-state index contributed by atoms with van der Waals surface area (Å²) in [5.74, 6) is 1.11. The number of ether oxygens (including phenoxy) is 1. The molecule has 2 aromatic rings. The molecule has 0 saturated heterocycles. The lowest BCUT2D eigenvalue weighted by atomic mass is 9.99. The number of rotatable bonds is 8. The number of carbonyl (C=O) groups is 1. The summed E-state index contributed by atoms with van der Waals surface area (Å²) in [5.41, 5.74) is 4.24. The molecule has 1 heterocycles. The van der Waals surface area contributed by atoms with Crippen LogP contribution in [-0.4, -0.2) is 43.5 Å². The van der Waals surface area contributed by atoms with E-state index in [1.54, 1.807) is 14.2 Å². The van der Waals surface area contributed by atoms with E-state index in [-0.39, 0.29) is 11.9 Å². The molecule has 0 spiro atoms. The predicted octanol–water partition coefficient (Wildman–Crippen LogP) is 3.18. The zero-order valence-electron chi connectivity index (χ0n) is 19.2. The molecule has 6 heteroatoms. The summed E-state index contributed by atoms with van der Waals surface area (Å²) in [4.78, 5) is 15.5. The zero-order valence-corrected chi connectivity index (χ0v) is 19.2. The SMILES string of the molecule is CNC(C)C(O)NC1CCc2ccccc2N(Cc2cc(C(C)C)ccc2OC)C1=O. The topological polar surface area (TPSA) is 73.8 Å². The summed E-state index contributed by atoms with van der Waals surface area (Å²) < 4.78 is 5.61. The number of amides is 1. The van der Waals surface area contributed by atoms with Crippen molar-refractivity contribution in [2.24, 2.45) is 0 Å². The van der Waals surface area contributed by atoms with Gasteiger partial charge in [-0.3, -0.25) is 10.1 Å². The number of likely N-dealkylation sites (N-methyl/N-ethyl adjacent to an activating group) is 1. The highest BCUT2D eigenvalue weighted by Gasteiger charge is 2.32. The van der Waals surface area contributed by atoms with E-state index < -0.39 is 12.3 Å². The molecule has 1 amide bonds. The van der Waals surface area contributed by atoms with Crippen molar-refractivity contribution in [2.75, 3.05) is 19.1 Å². The highest BCUT2D eigenvalue weighted by atomic mass is 16.5. The van der Waals surface area contributed by atoms with Crippen molar-refractivity contribution >= 4 is 11.6 Å². The van der Waals surface area contributed by atoms with Gasteiger partial charge in [0.05, 0.1) is 19.7 Å². The first kappa shape index (κ1) is 23.3. The molecule has 3 N–H and O–H groups in total. The number of hydrogen-bond acceptors (Lipinski definition) is 5. The van der Waals surface area contributed by atoms with Crippen LogP contribution in [-0.2, 0) is 17.8 Å². The molecular formula is C25H35N3O3. The van der Waals surface area contributed by atoms with Gasteiger partial charge in [0.1, 0.15) is 12.0 Å². The summed E-state index contributed by atoms with van der Waals surface area (Å²) in [7, 11) is 3.45. The Balaban J connectivity index is 1.97. The summed E-state index contributed by atoms with van der Waals surface area (Å²) in [6, 6.07) is 13.6. The number of methoxy groups -OCH3 is 1. The maximum absolute atomic E-state index is 13.7. The van der Waals surface area contributed by atoms with E-state index in [0.717, 1.165) is 29.0 Å². The Morgan fingerprint density at radius 1 is 1.19 bits per heavy atom. The number of para-hydroxylation sites is 1. The van der Waals surface area contributed by atoms with Gasteiger partial charge in [0.15, 0.2) is 0 Å². The molecule has 1 aliphatic rings. The molecule has 3 atom stereocenters. The smallest absolute Gasteiger partial charge is 0.244 e. The highest BCUT2D eigenvalue weighted by Crippen LogP contribution is 2.32. The molecule has 1 aliphatic heterocycles. The second-order valence-electron chi connectivity index (χ2n) is 8.56. The first-order chi connectivity index (χ1) is 14.8. The van der Waals surface area contributed by atoms with Crippen LogP contribution >= 0.6 is 0 Å². The molecule has 0 aromatic heterocycles. The fourth-order valence-corrected chi connectivity index (χ4v) is 3.99. The molecule has 0 saturated carbocycles. The van der Waals surface area contributed by atoms with E-state index in [4.69, 9.17) is 4.74 Å². The molecule has 0 radical (unpaired) electrons. The molecule has 0 fully saturated rings. The third-order valence-electron chi connectivity index (χ3n) is 6.15. The van der Waals surface area contributed by atoms with Gasteiger partial charge < -0.3 is 20.1 Å². The maximum Gasteiger partial charge on any atom is 0.244 e. The van der Waals surface area contributed by atoms with Crippen LogP contribution in [0.25, 0.3) is 0 Å². The van der Waals surface area contributed by atoms with E-state index in [1.165, 1.54) is 5.56 Å². The predicted molar refractivity (Wildman–Crippen MR) is 124 cm³/mol. The third-order valence-corrected chi connectivity index (χ3v) is 6.15. The Labute approximate surface area is 185 Å². The fourth-order valence-electron chi connectivity index (χ4n) is 3.99. The van der Waals surface area contributed by atoms with E-state index in [9.17, 15) is 9.90 Å². The number of anilines is 1. The van der Waals surface area contributed by atoms with E-state index in [1.807, 2.05) is 36.1 Å². The van der Waals surface area contributed by atoms with Crippen LogP contribution in [0, 0.1) is 0 Å². The lowest BCUT2D eigenvalue weighted by Crippen LogP contribution is -2.54. The molecule has 2 aromatic carbocycles. The molecule has 168 valence electrons. The number of hydrogen-bond donors (Lipinski definition) is 3. The van der Waals surface area contributed by atoms with E-state index in [2.05, 4.69) is 42.7 Å². The Kier molecular flexibility index (Phi) is 7.70. The number of fused-ring (bicyclic) bond motifs is 1. The van der Waals surface area contributed by atoms with Crippen molar-refractivity contribution < 1.29 is 14.6 Å². The van der Waals surface area contributed by atoms with Crippen LogP contribution in [0.4, 0.5) is 5.69 Å². The molecule has 6 nitrogen and oxygen atoms in total. The molecule has 3 rings (SSSR count). The van der Waals surface area contributed by atoms with Crippen LogP contribution in [0.15, 0.2) is 42.5 Å². The van der Waals surface area contributed by atoms with Crippen LogP contribution < -0.4 is 20.3 Å². The summed E-state index contributed by atoms with van der Waals surface area (Å²) in [6.07, 6.45) is 0.573. The van der Waals surface area contributed by atoms with Gasteiger partial charge in [0.2, 0.25) is 5.91 Å². The summed E-state index contributed by atoms with van der Waals surface area (Å²) in [6.45, 7) is 6.60. The normalized spacial score (nSPS) is 18.5. The van der Waals surface area contributed by atoms with Crippen LogP contribution in [0.1, 0.15) is 49.8 Å². The van der Waals surface area contributed by atoms with E-state index >= 15 is 0 Å². The highest BCUT2D eigenvalue weighted by molar-refractivity contribution is 5.98. The van der Waals surface area contributed by atoms with Gasteiger partial charge in [-0.25, -0.2) is 0 Å². The van der Waals surface area contributed by atoms with Gasteiger partial charge in [-0.2, -0.15) is 0 Å². The van der Waals surface area contributed by atoms with Crippen molar-refractivity contribution in [3.05, 3.63) is 59.2 Å². The Bertz CT molecular complexity index is 899. The fraction of sp³-hybridized carbons (Fsp3) is 0.480. The summed E-state index contributed by atoms with van der Waals surface area (Å²) in [5, 5.41) is 16.7. The number of benzene rings is 2. The number of aryl methyl sites for hydroxylation is 1. The minimum Gasteiger partial charge on any atom is -0.496 e. The third kappa shape index (κ3) is 5.26. The molecule has 0 bridgehead atoms. The zero-order chi connectivity index (χ0) is 22.5. The molecule has 0 aliphatic carbocycles. The number of aliphatic hydroxyl groups excluding tert-OH is 1. The van der Waals surface area contributed by atoms with Crippen LogP contribution in [0.3, 0.4) is 0 Å². The lowest BCUT2D eigenvalue weighted by molar-refractivity contribution is -0.121. The second kappa shape index (κ2) is 10.3. The van der Waals surface area contributed by atoms with Gasteiger partial charge in [-0.15, -0.1) is 0 Å². The molecular weight excluding hydrogens is 390 g/mol. The van der Waals surface area contributed by atoms with Crippen molar-refractivity contribution in [3.8, 4) is 5.75 Å². The number of carbonyl (C=O) groups excluding carboxylic acids is 1. The van der Waals surface area contributed by atoms with E-state index in [0.29, 0.717) is 18.9 Å². The number of aliphatic hydroxyl groups is 1. The van der Waals surface area contributed by atoms with Gasteiger partial charge >= 0.3 is 0 Å². The van der Waals surface area contributed by atoms with Crippen LogP contribution in [0.5, 0.6) is 5.75 Å². The molecule has 3 unspecified atom stereocenters. The van der Waals surface area contributed by atoms with Crippen molar-refractivity contribution in [1.29, 1.82) is 0 Å². The maximum atomic E-state index is 13.7. The van der Waals surface area contributed by atoms with Crippen molar-refractivity contribution in [3.63, 3.8) is 0 Å². The molecule has 31 heavy (non-hydrogen) atoms. The Hall–Kier alpha value is -2.41. The lowest BCUT2D eigenvalue weighted by Gasteiger charge is -2.29. The van der Waals surface area contributed by atoms with Gasteiger partial charge in [0, 0.05) is 17.3 Å². The first-order valence-corrected chi connectivity index (χ1v) is 11.0. The average molecular weight is 426 g/mol. The monoisotopic (exact) mass is 425 g/mol. The Morgan fingerprint density at radius 2 is 1.94 bits per heavy atom. The Morgan fingerprint density at radius 3 is 2.61 bits per heavy atom.